The Balaban J connectivity index is 3.81. The quantitative estimate of drug-likeness (QED) is 0.268. The maximum absolute atomic E-state index is 12.5. The third kappa shape index (κ3) is 11.9. The minimum atomic E-state index is -2.83. The fraction of sp³-hybridized carbons (Fsp3) is 1.00. The molecule has 0 N–H and O–H groups in total. The molecule has 1 unspecified atom stereocenters. The molecule has 0 spiro atoms. The van der Waals surface area contributed by atoms with Crippen molar-refractivity contribution in [2.45, 2.75) is 85.0 Å². The van der Waals surface area contributed by atoms with Gasteiger partial charge in [0.1, 0.15) is 0 Å². The van der Waals surface area contributed by atoms with Crippen molar-refractivity contribution in [3.63, 3.8) is 0 Å². The van der Waals surface area contributed by atoms with Gasteiger partial charge in [-0.3, -0.25) is 4.57 Å². The number of unbranched alkanes of at least 4 members (excludes halogenated alkanes) is 7. The molecule has 0 rings (SSSR count). The maximum atomic E-state index is 12.5. The van der Waals surface area contributed by atoms with Crippen LogP contribution < -0.4 is 0 Å². The van der Waals surface area contributed by atoms with Crippen LogP contribution in [0.1, 0.15) is 85.0 Å². The van der Waals surface area contributed by atoms with Crippen LogP contribution in [0.15, 0.2) is 0 Å². The second-order valence-corrected chi connectivity index (χ2v) is 7.66. The molecule has 0 aromatic carbocycles. The van der Waals surface area contributed by atoms with E-state index in [-0.39, 0.29) is 0 Å². The predicted molar refractivity (Wildman–Crippen MR) is 87.6 cm³/mol. The summed E-state index contributed by atoms with van der Waals surface area (Å²) in [5.41, 5.74) is 0. The van der Waals surface area contributed by atoms with Crippen LogP contribution in [0.25, 0.3) is 0 Å². The molecular formula is C16H35O3P. The summed E-state index contributed by atoms with van der Waals surface area (Å²) in [5.74, 6) is 0. The smallest absolute Gasteiger partial charge is 0.309 e. The Morgan fingerprint density at radius 2 is 1.15 bits per heavy atom. The first kappa shape index (κ1) is 20.1. The van der Waals surface area contributed by atoms with E-state index >= 15 is 0 Å². The van der Waals surface area contributed by atoms with Gasteiger partial charge < -0.3 is 9.05 Å². The molecule has 0 heterocycles. The molecule has 0 aromatic rings. The highest BCUT2D eigenvalue weighted by atomic mass is 31.2. The van der Waals surface area contributed by atoms with Crippen LogP contribution in [0.3, 0.4) is 0 Å². The summed E-state index contributed by atoms with van der Waals surface area (Å²) in [4.78, 5) is 0. The molecule has 20 heavy (non-hydrogen) atoms. The lowest BCUT2D eigenvalue weighted by Crippen LogP contribution is -2.03. The largest absolute Gasteiger partial charge is 0.330 e. The molecule has 0 aromatic heterocycles. The summed E-state index contributed by atoms with van der Waals surface area (Å²) in [6, 6.07) is 0. The SMILES string of the molecule is CCCCCCCCOP(=O)(CCCC)OCCCC. The van der Waals surface area contributed by atoms with Crippen LogP contribution in [0, 0.1) is 0 Å². The van der Waals surface area contributed by atoms with Gasteiger partial charge in [-0.25, -0.2) is 0 Å². The van der Waals surface area contributed by atoms with Crippen LogP contribution in [0.4, 0.5) is 0 Å². The molecule has 0 radical (unpaired) electrons. The second kappa shape index (κ2) is 14.1. The summed E-state index contributed by atoms with van der Waals surface area (Å²) in [6.45, 7) is 7.58. The Morgan fingerprint density at radius 1 is 0.650 bits per heavy atom. The fourth-order valence-electron chi connectivity index (χ4n) is 1.95. The zero-order chi connectivity index (χ0) is 15.1. The van der Waals surface area contributed by atoms with Crippen molar-refractivity contribution in [2.24, 2.45) is 0 Å². The van der Waals surface area contributed by atoms with E-state index in [0.29, 0.717) is 19.4 Å². The highest BCUT2D eigenvalue weighted by Gasteiger charge is 2.23. The Morgan fingerprint density at radius 3 is 1.75 bits per heavy atom. The van der Waals surface area contributed by atoms with E-state index in [4.69, 9.17) is 9.05 Å². The van der Waals surface area contributed by atoms with Crippen LogP contribution >= 0.6 is 7.60 Å². The molecule has 0 aliphatic heterocycles. The molecule has 0 bridgehead atoms. The molecule has 0 aliphatic rings. The van der Waals surface area contributed by atoms with Crippen LogP contribution in [0.5, 0.6) is 0 Å². The molecule has 0 fully saturated rings. The average Bonchev–Trinajstić information content (AvgIpc) is 2.45. The highest BCUT2D eigenvalue weighted by Crippen LogP contribution is 2.49. The molecule has 122 valence electrons. The van der Waals surface area contributed by atoms with Crippen molar-refractivity contribution in [1.82, 2.24) is 0 Å². The third-order valence-electron chi connectivity index (χ3n) is 3.36. The van der Waals surface area contributed by atoms with Crippen LogP contribution in [0.2, 0.25) is 0 Å². The topological polar surface area (TPSA) is 35.5 Å². The zero-order valence-electron chi connectivity index (χ0n) is 13.9. The maximum Gasteiger partial charge on any atom is 0.330 e. The van der Waals surface area contributed by atoms with Crippen molar-refractivity contribution in [3.05, 3.63) is 0 Å². The van der Waals surface area contributed by atoms with Gasteiger partial charge in [0.25, 0.3) is 0 Å². The van der Waals surface area contributed by atoms with Crippen molar-refractivity contribution in [2.75, 3.05) is 19.4 Å². The van der Waals surface area contributed by atoms with E-state index in [1.54, 1.807) is 0 Å². The summed E-state index contributed by atoms with van der Waals surface area (Å²) in [5, 5.41) is 0. The molecule has 3 nitrogen and oxygen atoms in total. The summed E-state index contributed by atoms with van der Waals surface area (Å²) in [6.07, 6.45) is 11.8. The van der Waals surface area contributed by atoms with E-state index in [1.807, 2.05) is 0 Å². The van der Waals surface area contributed by atoms with Crippen molar-refractivity contribution in [1.29, 1.82) is 0 Å². The minimum absolute atomic E-state index is 0.563. The normalized spacial score (nSPS) is 14.3. The summed E-state index contributed by atoms with van der Waals surface area (Å²) < 4.78 is 23.7. The Kier molecular flexibility index (Phi) is 14.2. The standard InChI is InChI=1S/C16H35O3P/c1-4-7-10-11-12-13-15-19-20(17,16-9-6-3)18-14-8-5-2/h4-16H2,1-3H3. The minimum Gasteiger partial charge on any atom is -0.309 e. The zero-order valence-corrected chi connectivity index (χ0v) is 14.8. The van der Waals surface area contributed by atoms with Crippen molar-refractivity contribution >= 4 is 7.60 Å². The van der Waals surface area contributed by atoms with E-state index in [9.17, 15) is 4.57 Å². The lowest BCUT2D eigenvalue weighted by atomic mass is 10.1. The second-order valence-electron chi connectivity index (χ2n) is 5.48. The Bertz CT molecular complexity index is 244. The van der Waals surface area contributed by atoms with Crippen molar-refractivity contribution < 1.29 is 13.6 Å². The first-order valence-electron chi connectivity index (χ1n) is 8.56. The van der Waals surface area contributed by atoms with Crippen LogP contribution in [-0.4, -0.2) is 19.4 Å². The predicted octanol–water partition coefficient (Wildman–Crippen LogP) is 6.17. The van der Waals surface area contributed by atoms with E-state index in [0.717, 1.165) is 32.1 Å². The summed E-state index contributed by atoms with van der Waals surface area (Å²) >= 11 is 0. The fourth-order valence-corrected chi connectivity index (χ4v) is 3.80. The number of hydrogen-bond acceptors (Lipinski definition) is 3. The molecule has 4 heteroatoms. The summed E-state index contributed by atoms with van der Waals surface area (Å²) in [7, 11) is -2.83. The highest BCUT2D eigenvalue weighted by molar-refractivity contribution is 7.53. The first-order chi connectivity index (χ1) is 9.68. The van der Waals surface area contributed by atoms with Gasteiger partial charge in [-0.2, -0.15) is 0 Å². The molecule has 0 saturated heterocycles. The van der Waals surface area contributed by atoms with Gasteiger partial charge >= 0.3 is 7.60 Å². The van der Waals surface area contributed by atoms with Crippen molar-refractivity contribution in [3.8, 4) is 0 Å². The monoisotopic (exact) mass is 306 g/mol. The molecule has 0 amide bonds. The van der Waals surface area contributed by atoms with E-state index < -0.39 is 7.60 Å². The van der Waals surface area contributed by atoms with Gasteiger partial charge in [0.15, 0.2) is 0 Å². The first-order valence-corrected chi connectivity index (χ1v) is 10.3. The third-order valence-corrected chi connectivity index (χ3v) is 5.37. The molecule has 0 aliphatic carbocycles. The Labute approximate surface area is 126 Å². The van der Waals surface area contributed by atoms with Crippen LogP contribution in [-0.2, 0) is 13.6 Å². The average molecular weight is 306 g/mol. The van der Waals surface area contributed by atoms with Gasteiger partial charge in [-0.15, -0.1) is 0 Å². The van der Waals surface area contributed by atoms with E-state index in [2.05, 4.69) is 20.8 Å². The molecule has 1 atom stereocenters. The molecule has 0 saturated carbocycles. The lowest BCUT2D eigenvalue weighted by Gasteiger charge is -2.18. The molecular weight excluding hydrogens is 271 g/mol. The lowest BCUT2D eigenvalue weighted by molar-refractivity contribution is 0.198. The number of rotatable bonds is 15. The Hall–Kier alpha value is 0.150. The van der Waals surface area contributed by atoms with Gasteiger partial charge in [-0.1, -0.05) is 65.7 Å². The van der Waals surface area contributed by atoms with E-state index in [1.165, 1.54) is 32.1 Å². The number of hydrogen-bond donors (Lipinski definition) is 0. The van der Waals surface area contributed by atoms with Gasteiger partial charge in [-0.05, 0) is 19.3 Å². The van der Waals surface area contributed by atoms with Gasteiger partial charge in [0.2, 0.25) is 0 Å². The van der Waals surface area contributed by atoms with Gasteiger partial charge in [0, 0.05) is 0 Å². The van der Waals surface area contributed by atoms with Gasteiger partial charge in [0.05, 0.1) is 19.4 Å².